The Morgan fingerprint density at radius 1 is 1.29 bits per heavy atom. The first-order valence-electron chi connectivity index (χ1n) is 8.12. The van der Waals surface area contributed by atoms with Crippen molar-refractivity contribution in [1.82, 2.24) is 9.88 Å². The smallest absolute Gasteiger partial charge is 0.247 e. The zero-order valence-corrected chi connectivity index (χ0v) is 13.4. The molecule has 5 heteroatoms. The number of para-hydroxylation sites is 2. The molecule has 1 unspecified atom stereocenters. The Kier molecular flexibility index (Phi) is 3.69. The number of furan rings is 1. The van der Waals surface area contributed by atoms with Crippen LogP contribution in [0.25, 0.3) is 17.2 Å². The highest BCUT2D eigenvalue weighted by Crippen LogP contribution is 2.34. The molecule has 1 aliphatic carbocycles. The van der Waals surface area contributed by atoms with Gasteiger partial charge in [0, 0.05) is 18.2 Å². The quantitative estimate of drug-likeness (QED) is 0.661. The van der Waals surface area contributed by atoms with Crippen molar-refractivity contribution in [3.8, 4) is 0 Å². The van der Waals surface area contributed by atoms with Gasteiger partial charge in [-0.15, -0.1) is 0 Å². The summed E-state index contributed by atoms with van der Waals surface area (Å²) in [6.07, 6.45) is 6.87. The van der Waals surface area contributed by atoms with Gasteiger partial charge in [-0.1, -0.05) is 12.1 Å². The number of benzene rings is 1. The summed E-state index contributed by atoms with van der Waals surface area (Å²) in [5.41, 5.74) is 1.50. The second-order valence-corrected chi connectivity index (χ2v) is 6.02. The Bertz CT molecular complexity index is 842. The molecular formula is C19H18N2O3. The van der Waals surface area contributed by atoms with Gasteiger partial charge in [0.2, 0.25) is 11.8 Å². The first-order chi connectivity index (χ1) is 11.7. The molecule has 0 N–H and O–H groups in total. The monoisotopic (exact) mass is 322 g/mol. The molecule has 1 aliphatic rings. The number of carbonyl (C=O) groups excluding carboxylic acids is 1. The van der Waals surface area contributed by atoms with Crippen LogP contribution in [-0.2, 0) is 4.79 Å². The number of carbonyl (C=O) groups is 1. The van der Waals surface area contributed by atoms with Gasteiger partial charge in [0.15, 0.2) is 5.58 Å². The number of rotatable bonds is 5. The van der Waals surface area contributed by atoms with Crippen LogP contribution in [0, 0.1) is 0 Å². The van der Waals surface area contributed by atoms with E-state index >= 15 is 0 Å². The van der Waals surface area contributed by atoms with Crippen LogP contribution in [0.3, 0.4) is 0 Å². The molecule has 2 heterocycles. The largest absolute Gasteiger partial charge is 0.467 e. The Hall–Kier alpha value is -2.82. The number of oxazole rings is 1. The van der Waals surface area contributed by atoms with Gasteiger partial charge in [-0.25, -0.2) is 4.98 Å². The van der Waals surface area contributed by atoms with E-state index < -0.39 is 0 Å². The highest BCUT2D eigenvalue weighted by atomic mass is 16.3. The molecule has 1 saturated carbocycles. The third-order valence-corrected chi connectivity index (χ3v) is 4.25. The molecule has 0 radical (unpaired) electrons. The maximum absolute atomic E-state index is 12.7. The number of hydrogen-bond donors (Lipinski definition) is 0. The molecule has 1 atom stereocenters. The van der Waals surface area contributed by atoms with Crippen LogP contribution in [0.2, 0.25) is 0 Å². The lowest BCUT2D eigenvalue weighted by Gasteiger charge is -2.26. The lowest BCUT2D eigenvalue weighted by Crippen LogP contribution is -2.34. The minimum Gasteiger partial charge on any atom is -0.467 e. The van der Waals surface area contributed by atoms with E-state index in [4.69, 9.17) is 8.83 Å². The highest BCUT2D eigenvalue weighted by molar-refractivity contribution is 5.92. The van der Waals surface area contributed by atoms with Crippen LogP contribution in [0.15, 0.2) is 57.6 Å². The van der Waals surface area contributed by atoms with Crippen LogP contribution in [0.4, 0.5) is 0 Å². The lowest BCUT2D eigenvalue weighted by molar-refractivity contribution is -0.129. The van der Waals surface area contributed by atoms with Gasteiger partial charge >= 0.3 is 0 Å². The van der Waals surface area contributed by atoms with Crippen LogP contribution < -0.4 is 0 Å². The number of nitrogens with zero attached hydrogens (tertiary/aromatic N) is 2. The molecule has 122 valence electrons. The molecular weight excluding hydrogens is 304 g/mol. The first-order valence-corrected chi connectivity index (χ1v) is 8.12. The van der Waals surface area contributed by atoms with Crippen molar-refractivity contribution < 1.29 is 13.6 Å². The van der Waals surface area contributed by atoms with E-state index in [1.54, 1.807) is 12.3 Å². The third kappa shape index (κ3) is 2.85. The molecule has 24 heavy (non-hydrogen) atoms. The summed E-state index contributed by atoms with van der Waals surface area (Å²) in [7, 11) is 0. The molecule has 0 aliphatic heterocycles. The number of amides is 1. The average Bonchev–Trinajstić information content (AvgIpc) is 3.13. The molecule has 0 bridgehead atoms. The third-order valence-electron chi connectivity index (χ3n) is 4.25. The van der Waals surface area contributed by atoms with Gasteiger partial charge in [-0.3, -0.25) is 4.79 Å². The molecule has 0 saturated heterocycles. The number of hydrogen-bond acceptors (Lipinski definition) is 4. The topological polar surface area (TPSA) is 59.5 Å². The van der Waals surface area contributed by atoms with Gasteiger partial charge < -0.3 is 13.7 Å². The second-order valence-electron chi connectivity index (χ2n) is 6.02. The van der Waals surface area contributed by atoms with Gasteiger partial charge in [0.1, 0.15) is 11.3 Å². The van der Waals surface area contributed by atoms with E-state index in [0.717, 1.165) is 24.1 Å². The van der Waals surface area contributed by atoms with Crippen molar-refractivity contribution in [3.05, 3.63) is 60.4 Å². The van der Waals surface area contributed by atoms with E-state index in [0.29, 0.717) is 11.5 Å². The van der Waals surface area contributed by atoms with E-state index in [2.05, 4.69) is 4.98 Å². The summed E-state index contributed by atoms with van der Waals surface area (Å²) in [4.78, 5) is 18.9. The standard InChI is InChI=1S/C19H18N2O3/c1-13(16-7-4-12-23-16)21(14-8-9-14)19(22)11-10-18-20-15-5-2-3-6-17(15)24-18/h2-7,10-14H,8-9H2,1H3/b11-10+. The molecule has 1 aromatic carbocycles. The summed E-state index contributed by atoms with van der Waals surface area (Å²) in [5, 5.41) is 0. The van der Waals surface area contributed by atoms with Gasteiger partial charge in [-0.2, -0.15) is 0 Å². The van der Waals surface area contributed by atoms with Crippen molar-refractivity contribution in [3.63, 3.8) is 0 Å². The minimum atomic E-state index is -0.0896. The summed E-state index contributed by atoms with van der Waals surface area (Å²) in [5.74, 6) is 1.18. The SMILES string of the molecule is CC(c1ccco1)N(C(=O)/C=C/c1nc2ccccc2o1)C1CC1. The fourth-order valence-corrected chi connectivity index (χ4v) is 2.90. The Morgan fingerprint density at radius 2 is 2.12 bits per heavy atom. The molecule has 4 rings (SSSR count). The van der Waals surface area contributed by atoms with E-state index in [-0.39, 0.29) is 18.0 Å². The average molecular weight is 322 g/mol. The van der Waals surface area contributed by atoms with Gasteiger partial charge in [0.05, 0.1) is 12.3 Å². The molecule has 1 amide bonds. The molecule has 0 spiro atoms. The molecule has 3 aromatic rings. The fraction of sp³-hybridized carbons (Fsp3) is 0.263. The van der Waals surface area contributed by atoms with Crippen molar-refractivity contribution in [2.75, 3.05) is 0 Å². The van der Waals surface area contributed by atoms with Crippen molar-refractivity contribution in [2.45, 2.75) is 31.8 Å². The number of fused-ring (bicyclic) bond motifs is 1. The number of aromatic nitrogens is 1. The fourth-order valence-electron chi connectivity index (χ4n) is 2.90. The van der Waals surface area contributed by atoms with Crippen LogP contribution in [0.1, 0.15) is 37.5 Å². The van der Waals surface area contributed by atoms with Crippen LogP contribution in [-0.4, -0.2) is 21.8 Å². The van der Waals surface area contributed by atoms with Crippen molar-refractivity contribution >= 4 is 23.1 Å². The maximum atomic E-state index is 12.7. The van der Waals surface area contributed by atoms with E-state index in [1.165, 1.54) is 6.08 Å². The van der Waals surface area contributed by atoms with Gasteiger partial charge in [-0.05, 0) is 44.0 Å². The summed E-state index contributed by atoms with van der Waals surface area (Å²) in [6, 6.07) is 11.5. The first kappa shape index (κ1) is 14.8. The summed E-state index contributed by atoms with van der Waals surface area (Å²) >= 11 is 0. The van der Waals surface area contributed by atoms with Crippen molar-refractivity contribution in [2.24, 2.45) is 0 Å². The second kappa shape index (κ2) is 6.00. The zero-order chi connectivity index (χ0) is 16.5. The van der Waals surface area contributed by atoms with Crippen molar-refractivity contribution in [1.29, 1.82) is 0 Å². The predicted molar refractivity (Wildman–Crippen MR) is 90.0 cm³/mol. The van der Waals surface area contributed by atoms with E-state index in [9.17, 15) is 4.79 Å². The Balaban J connectivity index is 1.54. The van der Waals surface area contributed by atoms with Crippen LogP contribution >= 0.6 is 0 Å². The zero-order valence-electron chi connectivity index (χ0n) is 13.4. The van der Waals surface area contributed by atoms with Gasteiger partial charge in [0.25, 0.3) is 0 Å². The summed E-state index contributed by atoms with van der Waals surface area (Å²) < 4.78 is 11.1. The normalized spacial score (nSPS) is 15.9. The Morgan fingerprint density at radius 3 is 2.83 bits per heavy atom. The summed E-state index contributed by atoms with van der Waals surface area (Å²) in [6.45, 7) is 1.99. The highest BCUT2D eigenvalue weighted by Gasteiger charge is 2.36. The van der Waals surface area contributed by atoms with E-state index in [1.807, 2.05) is 48.2 Å². The Labute approximate surface area is 139 Å². The molecule has 2 aromatic heterocycles. The predicted octanol–water partition coefficient (Wildman–Crippen LogP) is 4.19. The van der Waals surface area contributed by atoms with Crippen LogP contribution in [0.5, 0.6) is 0 Å². The maximum Gasteiger partial charge on any atom is 0.247 e. The molecule has 1 fully saturated rings. The molecule has 5 nitrogen and oxygen atoms in total. The minimum absolute atomic E-state index is 0.0522. The lowest BCUT2D eigenvalue weighted by atomic mass is 10.2.